The van der Waals surface area contributed by atoms with Crippen molar-refractivity contribution in [3.05, 3.63) is 23.8 Å². The van der Waals surface area contributed by atoms with Crippen LogP contribution in [0.3, 0.4) is 0 Å². The normalized spacial score (nSPS) is 20.4. The predicted molar refractivity (Wildman–Crippen MR) is 102 cm³/mol. The number of nitrogens with one attached hydrogen (secondary N) is 2. The maximum Gasteiger partial charge on any atom is 0.315 e. The molecule has 3 N–H and O–H groups in total. The standard InChI is InChI=1S/C20H30N2O5/c1-4-11-27-17-10-7-15(12-18(17)26-3)13(2)21-20(25)22-16-8-5-14(6-9-16)19(23)24/h7,10,12-14,16H,4-6,8-9,11H2,1-3H3,(H,23,24)(H2,21,22,25). The van der Waals surface area contributed by atoms with Crippen LogP contribution in [-0.2, 0) is 4.79 Å². The van der Waals surface area contributed by atoms with E-state index in [2.05, 4.69) is 10.6 Å². The van der Waals surface area contributed by atoms with Gasteiger partial charge in [-0.15, -0.1) is 0 Å². The molecule has 2 rings (SSSR count). The number of carbonyl (C=O) groups is 2. The van der Waals surface area contributed by atoms with Gasteiger partial charge in [0.15, 0.2) is 11.5 Å². The third-order valence-electron chi connectivity index (χ3n) is 4.91. The summed E-state index contributed by atoms with van der Waals surface area (Å²) < 4.78 is 11.0. The largest absolute Gasteiger partial charge is 0.493 e. The van der Waals surface area contributed by atoms with Crippen molar-refractivity contribution < 1.29 is 24.2 Å². The highest BCUT2D eigenvalue weighted by atomic mass is 16.5. The molecule has 0 radical (unpaired) electrons. The van der Waals surface area contributed by atoms with Crippen LogP contribution >= 0.6 is 0 Å². The molecule has 1 fully saturated rings. The summed E-state index contributed by atoms with van der Waals surface area (Å²) in [4.78, 5) is 23.3. The lowest BCUT2D eigenvalue weighted by Crippen LogP contribution is -2.44. The molecule has 150 valence electrons. The number of ether oxygens (including phenoxy) is 2. The number of hydrogen-bond donors (Lipinski definition) is 3. The average molecular weight is 378 g/mol. The van der Waals surface area contributed by atoms with Gasteiger partial charge < -0.3 is 25.2 Å². The quantitative estimate of drug-likeness (QED) is 0.643. The summed E-state index contributed by atoms with van der Waals surface area (Å²) in [5, 5.41) is 14.9. The number of amides is 2. The van der Waals surface area contributed by atoms with Crippen molar-refractivity contribution in [2.75, 3.05) is 13.7 Å². The minimum atomic E-state index is -0.744. The van der Waals surface area contributed by atoms with E-state index in [1.807, 2.05) is 32.0 Å². The fourth-order valence-corrected chi connectivity index (χ4v) is 3.28. The third kappa shape index (κ3) is 6.05. The highest BCUT2D eigenvalue weighted by Crippen LogP contribution is 2.30. The summed E-state index contributed by atoms with van der Waals surface area (Å²) in [5.74, 6) is 0.301. The molecule has 27 heavy (non-hydrogen) atoms. The average Bonchev–Trinajstić information content (AvgIpc) is 2.66. The smallest absolute Gasteiger partial charge is 0.315 e. The number of carboxylic acids is 1. The highest BCUT2D eigenvalue weighted by molar-refractivity contribution is 5.75. The van der Waals surface area contributed by atoms with Crippen molar-refractivity contribution >= 4 is 12.0 Å². The molecular formula is C20H30N2O5. The molecular weight excluding hydrogens is 348 g/mol. The van der Waals surface area contributed by atoms with Crippen molar-refractivity contribution in [1.29, 1.82) is 0 Å². The Bertz CT molecular complexity index is 641. The van der Waals surface area contributed by atoms with E-state index >= 15 is 0 Å². The Morgan fingerprint density at radius 1 is 1.22 bits per heavy atom. The second kappa shape index (κ2) is 10.0. The Morgan fingerprint density at radius 2 is 1.93 bits per heavy atom. The maximum atomic E-state index is 12.3. The van der Waals surface area contributed by atoms with E-state index in [4.69, 9.17) is 14.6 Å². The van der Waals surface area contributed by atoms with Crippen molar-refractivity contribution in [3.63, 3.8) is 0 Å². The Kier molecular flexibility index (Phi) is 7.76. The fraction of sp³-hybridized carbons (Fsp3) is 0.600. The van der Waals surface area contributed by atoms with Crippen LogP contribution in [0, 0.1) is 5.92 Å². The van der Waals surface area contributed by atoms with Crippen LogP contribution in [0.15, 0.2) is 18.2 Å². The molecule has 0 heterocycles. The Morgan fingerprint density at radius 3 is 2.52 bits per heavy atom. The molecule has 1 saturated carbocycles. The van der Waals surface area contributed by atoms with E-state index in [9.17, 15) is 9.59 Å². The lowest BCUT2D eigenvalue weighted by atomic mass is 9.86. The topological polar surface area (TPSA) is 96.9 Å². The molecule has 0 spiro atoms. The van der Waals surface area contributed by atoms with E-state index in [-0.39, 0.29) is 24.0 Å². The number of carbonyl (C=O) groups excluding carboxylic acids is 1. The second-order valence-electron chi connectivity index (χ2n) is 6.99. The monoisotopic (exact) mass is 378 g/mol. The van der Waals surface area contributed by atoms with E-state index in [0.29, 0.717) is 43.8 Å². The minimum Gasteiger partial charge on any atom is -0.493 e. The SMILES string of the molecule is CCCOc1ccc(C(C)NC(=O)NC2CCC(C(=O)O)CC2)cc1OC. The van der Waals surface area contributed by atoms with E-state index in [1.165, 1.54) is 0 Å². The molecule has 2 amide bonds. The first-order valence-electron chi connectivity index (χ1n) is 9.55. The molecule has 1 aliphatic rings. The molecule has 1 atom stereocenters. The first-order chi connectivity index (χ1) is 12.9. The molecule has 0 saturated heterocycles. The summed E-state index contributed by atoms with van der Waals surface area (Å²) >= 11 is 0. The number of rotatable bonds is 8. The third-order valence-corrected chi connectivity index (χ3v) is 4.91. The summed E-state index contributed by atoms with van der Waals surface area (Å²) in [5.41, 5.74) is 0.917. The van der Waals surface area contributed by atoms with Crippen molar-refractivity contribution in [3.8, 4) is 11.5 Å². The number of benzene rings is 1. The fourth-order valence-electron chi connectivity index (χ4n) is 3.28. The van der Waals surface area contributed by atoms with Gasteiger partial charge in [0.25, 0.3) is 0 Å². The molecule has 1 aliphatic carbocycles. The molecule has 0 aromatic heterocycles. The first kappa shape index (κ1) is 20.9. The Labute approximate surface area is 160 Å². The van der Waals surface area contributed by atoms with Gasteiger partial charge in [0, 0.05) is 6.04 Å². The molecule has 1 unspecified atom stereocenters. The molecule has 0 aliphatic heterocycles. The van der Waals surface area contributed by atoms with Crippen LogP contribution in [0.4, 0.5) is 4.79 Å². The summed E-state index contributed by atoms with van der Waals surface area (Å²) in [7, 11) is 1.59. The Hall–Kier alpha value is -2.44. The zero-order valence-electron chi connectivity index (χ0n) is 16.3. The second-order valence-corrected chi connectivity index (χ2v) is 6.99. The maximum absolute atomic E-state index is 12.3. The van der Waals surface area contributed by atoms with E-state index in [0.717, 1.165) is 12.0 Å². The van der Waals surface area contributed by atoms with Gasteiger partial charge in [-0.1, -0.05) is 13.0 Å². The number of methoxy groups -OCH3 is 1. The van der Waals surface area contributed by atoms with Crippen molar-refractivity contribution in [1.82, 2.24) is 10.6 Å². The zero-order valence-corrected chi connectivity index (χ0v) is 16.3. The number of urea groups is 1. The van der Waals surface area contributed by atoms with Gasteiger partial charge in [-0.05, 0) is 56.7 Å². The minimum absolute atomic E-state index is 0.0205. The van der Waals surface area contributed by atoms with Crippen LogP contribution in [0.2, 0.25) is 0 Å². The first-order valence-corrected chi connectivity index (χ1v) is 9.55. The predicted octanol–water partition coefficient (Wildman–Crippen LogP) is 3.49. The van der Waals surface area contributed by atoms with Crippen LogP contribution in [0.1, 0.15) is 57.6 Å². The molecule has 0 bridgehead atoms. The van der Waals surface area contributed by atoms with Gasteiger partial charge in [-0.3, -0.25) is 4.79 Å². The van der Waals surface area contributed by atoms with Crippen molar-refractivity contribution in [2.45, 2.75) is 58.0 Å². The Balaban J connectivity index is 1.88. The lowest BCUT2D eigenvalue weighted by Gasteiger charge is -2.27. The van der Waals surface area contributed by atoms with Gasteiger partial charge in [-0.2, -0.15) is 0 Å². The number of carboxylic acid groups (broad SMARTS) is 1. The summed E-state index contributed by atoms with van der Waals surface area (Å²) in [6.45, 7) is 4.57. The molecule has 1 aromatic carbocycles. The lowest BCUT2D eigenvalue weighted by molar-refractivity contribution is -0.142. The van der Waals surface area contributed by atoms with E-state index < -0.39 is 5.97 Å². The van der Waals surface area contributed by atoms with Gasteiger partial charge in [0.2, 0.25) is 0 Å². The van der Waals surface area contributed by atoms with Crippen LogP contribution in [-0.4, -0.2) is 36.9 Å². The van der Waals surface area contributed by atoms with Crippen LogP contribution in [0.5, 0.6) is 11.5 Å². The summed E-state index contributed by atoms with van der Waals surface area (Å²) in [6.07, 6.45) is 3.50. The highest BCUT2D eigenvalue weighted by Gasteiger charge is 2.27. The van der Waals surface area contributed by atoms with Gasteiger partial charge in [-0.25, -0.2) is 4.79 Å². The van der Waals surface area contributed by atoms with Crippen LogP contribution in [0.25, 0.3) is 0 Å². The molecule has 1 aromatic rings. The van der Waals surface area contributed by atoms with Gasteiger partial charge in [0.05, 0.1) is 25.7 Å². The summed E-state index contributed by atoms with van der Waals surface area (Å²) in [6, 6.07) is 5.21. The number of aliphatic carboxylic acids is 1. The van der Waals surface area contributed by atoms with Gasteiger partial charge in [0.1, 0.15) is 0 Å². The van der Waals surface area contributed by atoms with Gasteiger partial charge >= 0.3 is 12.0 Å². The molecule has 7 heteroatoms. The van der Waals surface area contributed by atoms with Crippen LogP contribution < -0.4 is 20.1 Å². The van der Waals surface area contributed by atoms with E-state index in [1.54, 1.807) is 7.11 Å². The zero-order chi connectivity index (χ0) is 19.8. The molecule has 7 nitrogen and oxygen atoms in total. The number of hydrogen-bond acceptors (Lipinski definition) is 4. The van der Waals surface area contributed by atoms with Crippen molar-refractivity contribution in [2.24, 2.45) is 5.92 Å².